The van der Waals surface area contributed by atoms with Crippen LogP contribution in [-0.4, -0.2) is 44.2 Å². The van der Waals surface area contributed by atoms with Gasteiger partial charge in [-0.05, 0) is 25.1 Å². The minimum Gasteiger partial charge on any atom is -0.495 e. The SMILES string of the molecule is COc1ccc(NC(=O)[C@H]2NCCO[C@@H]2C)cc1NC(C)=O. The van der Waals surface area contributed by atoms with Crippen molar-refractivity contribution >= 4 is 23.2 Å². The van der Waals surface area contributed by atoms with Crippen molar-refractivity contribution in [2.24, 2.45) is 0 Å². The second-order valence-corrected chi connectivity index (χ2v) is 5.09. The second kappa shape index (κ2) is 7.24. The number of benzene rings is 1. The summed E-state index contributed by atoms with van der Waals surface area (Å²) >= 11 is 0. The fourth-order valence-electron chi connectivity index (χ4n) is 2.32. The molecule has 0 aromatic heterocycles. The van der Waals surface area contributed by atoms with Crippen molar-refractivity contribution in [3.63, 3.8) is 0 Å². The van der Waals surface area contributed by atoms with E-state index in [1.54, 1.807) is 18.2 Å². The molecule has 0 bridgehead atoms. The van der Waals surface area contributed by atoms with Crippen LogP contribution in [0, 0.1) is 0 Å². The number of carbonyl (C=O) groups excluding carboxylic acids is 2. The molecule has 2 amide bonds. The lowest BCUT2D eigenvalue weighted by Crippen LogP contribution is -2.53. The number of anilines is 2. The molecule has 1 fully saturated rings. The standard InChI is InChI=1S/C15H21N3O4/c1-9-14(16-6-7-22-9)15(20)18-11-4-5-13(21-3)12(8-11)17-10(2)19/h4-5,8-9,14,16H,6-7H2,1-3H3,(H,17,19)(H,18,20)/t9-,14+/m1/s1. The highest BCUT2D eigenvalue weighted by Gasteiger charge is 2.28. The van der Waals surface area contributed by atoms with Gasteiger partial charge in [-0.1, -0.05) is 0 Å². The van der Waals surface area contributed by atoms with Crippen LogP contribution in [0.3, 0.4) is 0 Å². The number of carbonyl (C=O) groups is 2. The zero-order valence-electron chi connectivity index (χ0n) is 12.9. The minimum atomic E-state index is -0.403. The van der Waals surface area contributed by atoms with E-state index in [2.05, 4.69) is 16.0 Å². The molecule has 0 unspecified atom stereocenters. The zero-order chi connectivity index (χ0) is 16.1. The normalized spacial score (nSPS) is 21.0. The highest BCUT2D eigenvalue weighted by molar-refractivity contribution is 5.97. The lowest BCUT2D eigenvalue weighted by atomic mass is 10.1. The molecule has 1 saturated heterocycles. The average molecular weight is 307 g/mol. The number of amides is 2. The summed E-state index contributed by atoms with van der Waals surface area (Å²) in [5.41, 5.74) is 1.09. The van der Waals surface area contributed by atoms with Gasteiger partial charge in [0.1, 0.15) is 11.8 Å². The lowest BCUT2D eigenvalue weighted by Gasteiger charge is -2.29. The molecule has 7 heteroatoms. The van der Waals surface area contributed by atoms with Gasteiger partial charge in [-0.3, -0.25) is 9.59 Å². The largest absolute Gasteiger partial charge is 0.495 e. The molecular formula is C15H21N3O4. The predicted molar refractivity (Wildman–Crippen MR) is 83.1 cm³/mol. The number of hydrogen-bond acceptors (Lipinski definition) is 5. The summed E-state index contributed by atoms with van der Waals surface area (Å²) in [7, 11) is 1.52. The Kier molecular flexibility index (Phi) is 5.35. The molecule has 1 aliphatic heterocycles. The zero-order valence-corrected chi connectivity index (χ0v) is 12.9. The van der Waals surface area contributed by atoms with Crippen molar-refractivity contribution in [2.45, 2.75) is 26.0 Å². The number of nitrogens with one attached hydrogen (secondary N) is 3. The Balaban J connectivity index is 2.11. The molecule has 120 valence electrons. The van der Waals surface area contributed by atoms with Gasteiger partial charge in [0.05, 0.1) is 25.5 Å². The van der Waals surface area contributed by atoms with Gasteiger partial charge in [0.15, 0.2) is 0 Å². The summed E-state index contributed by atoms with van der Waals surface area (Å²) < 4.78 is 10.6. The number of methoxy groups -OCH3 is 1. The van der Waals surface area contributed by atoms with Crippen molar-refractivity contribution in [1.29, 1.82) is 0 Å². The van der Waals surface area contributed by atoms with Crippen LogP contribution >= 0.6 is 0 Å². The van der Waals surface area contributed by atoms with E-state index in [4.69, 9.17) is 9.47 Å². The summed E-state index contributed by atoms with van der Waals surface area (Å²) in [6.07, 6.45) is -0.193. The van der Waals surface area contributed by atoms with Crippen molar-refractivity contribution in [3.05, 3.63) is 18.2 Å². The molecule has 2 atom stereocenters. The molecule has 7 nitrogen and oxygen atoms in total. The summed E-state index contributed by atoms with van der Waals surface area (Å²) in [4.78, 5) is 23.5. The van der Waals surface area contributed by atoms with Gasteiger partial charge in [-0.25, -0.2) is 0 Å². The molecule has 0 aliphatic carbocycles. The Morgan fingerprint density at radius 1 is 1.36 bits per heavy atom. The van der Waals surface area contributed by atoms with E-state index < -0.39 is 6.04 Å². The Bertz CT molecular complexity index is 562. The second-order valence-electron chi connectivity index (χ2n) is 5.09. The van der Waals surface area contributed by atoms with Crippen LogP contribution in [-0.2, 0) is 14.3 Å². The third-order valence-corrected chi connectivity index (χ3v) is 3.38. The smallest absolute Gasteiger partial charge is 0.244 e. The first-order valence-electron chi connectivity index (χ1n) is 7.12. The minimum absolute atomic E-state index is 0.175. The van der Waals surface area contributed by atoms with E-state index in [-0.39, 0.29) is 17.9 Å². The molecule has 1 aliphatic rings. The highest BCUT2D eigenvalue weighted by Crippen LogP contribution is 2.28. The van der Waals surface area contributed by atoms with E-state index >= 15 is 0 Å². The van der Waals surface area contributed by atoms with Gasteiger partial charge in [0.2, 0.25) is 11.8 Å². The maximum Gasteiger partial charge on any atom is 0.244 e. The molecule has 3 N–H and O–H groups in total. The number of hydrogen-bond donors (Lipinski definition) is 3. The topological polar surface area (TPSA) is 88.7 Å². The van der Waals surface area contributed by atoms with E-state index in [9.17, 15) is 9.59 Å². The van der Waals surface area contributed by atoms with Gasteiger partial charge < -0.3 is 25.4 Å². The van der Waals surface area contributed by atoms with Gasteiger partial charge >= 0.3 is 0 Å². The quantitative estimate of drug-likeness (QED) is 0.771. The van der Waals surface area contributed by atoms with Gasteiger partial charge in [-0.15, -0.1) is 0 Å². The number of ether oxygens (including phenoxy) is 2. The first-order chi connectivity index (χ1) is 10.5. The van der Waals surface area contributed by atoms with Crippen LogP contribution in [0.5, 0.6) is 5.75 Å². The number of rotatable bonds is 4. The molecular weight excluding hydrogens is 286 g/mol. The van der Waals surface area contributed by atoms with Gasteiger partial charge in [0.25, 0.3) is 0 Å². The molecule has 0 radical (unpaired) electrons. The van der Waals surface area contributed by atoms with Crippen molar-refractivity contribution in [3.8, 4) is 5.75 Å². The number of morpholine rings is 1. The fraction of sp³-hybridized carbons (Fsp3) is 0.467. The van der Waals surface area contributed by atoms with Crippen molar-refractivity contribution in [2.75, 3.05) is 30.9 Å². The summed E-state index contributed by atoms with van der Waals surface area (Å²) in [6.45, 7) is 4.51. The van der Waals surface area contributed by atoms with Gasteiger partial charge in [-0.2, -0.15) is 0 Å². The molecule has 0 spiro atoms. The molecule has 2 rings (SSSR count). The third kappa shape index (κ3) is 3.96. The first-order valence-corrected chi connectivity index (χ1v) is 7.12. The average Bonchev–Trinajstić information content (AvgIpc) is 2.47. The van der Waals surface area contributed by atoms with E-state index in [1.165, 1.54) is 14.0 Å². The molecule has 22 heavy (non-hydrogen) atoms. The van der Waals surface area contributed by atoms with E-state index in [1.807, 2.05) is 6.92 Å². The molecule has 0 saturated carbocycles. The Labute approximate surface area is 129 Å². The third-order valence-electron chi connectivity index (χ3n) is 3.38. The van der Waals surface area contributed by atoms with Crippen molar-refractivity contribution in [1.82, 2.24) is 5.32 Å². The van der Waals surface area contributed by atoms with E-state index in [0.29, 0.717) is 30.3 Å². The fourth-order valence-corrected chi connectivity index (χ4v) is 2.32. The van der Waals surface area contributed by atoms with Crippen LogP contribution in [0.15, 0.2) is 18.2 Å². The maximum atomic E-state index is 12.3. The van der Waals surface area contributed by atoms with Crippen LogP contribution in [0.1, 0.15) is 13.8 Å². The lowest BCUT2D eigenvalue weighted by molar-refractivity contribution is -0.123. The summed E-state index contributed by atoms with van der Waals surface area (Å²) in [6, 6.07) is 4.66. The molecule has 1 heterocycles. The van der Waals surface area contributed by atoms with Gasteiger partial charge in [0, 0.05) is 19.2 Å². The summed E-state index contributed by atoms with van der Waals surface area (Å²) in [5, 5.41) is 8.62. The Morgan fingerprint density at radius 2 is 2.14 bits per heavy atom. The summed E-state index contributed by atoms with van der Waals surface area (Å²) in [5.74, 6) is 0.143. The first kappa shape index (κ1) is 16.3. The monoisotopic (exact) mass is 307 g/mol. The van der Waals surface area contributed by atoms with Crippen LogP contribution < -0.4 is 20.7 Å². The van der Waals surface area contributed by atoms with E-state index in [0.717, 1.165) is 0 Å². The van der Waals surface area contributed by atoms with Crippen LogP contribution in [0.4, 0.5) is 11.4 Å². The van der Waals surface area contributed by atoms with Crippen molar-refractivity contribution < 1.29 is 19.1 Å². The predicted octanol–water partition coefficient (Wildman–Crippen LogP) is 0.969. The highest BCUT2D eigenvalue weighted by atomic mass is 16.5. The van der Waals surface area contributed by atoms with Crippen LogP contribution in [0.2, 0.25) is 0 Å². The Morgan fingerprint density at radius 3 is 2.77 bits per heavy atom. The van der Waals surface area contributed by atoms with Crippen LogP contribution in [0.25, 0.3) is 0 Å². The Hall–Kier alpha value is -2.12. The molecule has 1 aromatic carbocycles. The molecule has 1 aromatic rings. The maximum absolute atomic E-state index is 12.3.